The van der Waals surface area contributed by atoms with E-state index < -0.39 is 17.6 Å². The highest BCUT2D eigenvalue weighted by Crippen LogP contribution is 2.49. The minimum atomic E-state index is -1.20. The van der Waals surface area contributed by atoms with Crippen LogP contribution in [-0.4, -0.2) is 31.2 Å². The Bertz CT molecular complexity index is 828. The maximum Gasteiger partial charge on any atom is 0.249 e. The summed E-state index contributed by atoms with van der Waals surface area (Å²) < 4.78 is 22.5. The van der Waals surface area contributed by atoms with Gasteiger partial charge in [0.2, 0.25) is 17.6 Å². The molecule has 2 heterocycles. The van der Waals surface area contributed by atoms with Crippen LogP contribution in [0.4, 0.5) is 0 Å². The fourth-order valence-corrected chi connectivity index (χ4v) is 3.17. The third-order valence-corrected chi connectivity index (χ3v) is 4.23. The first-order valence-electron chi connectivity index (χ1n) is 7.25. The minimum absolute atomic E-state index is 0.0488. The number of ether oxygens (including phenoxy) is 4. The predicted molar refractivity (Wildman–Crippen MR) is 80.1 cm³/mol. The molecule has 1 saturated heterocycles. The van der Waals surface area contributed by atoms with Gasteiger partial charge in [-0.1, -0.05) is 12.1 Å². The SMILES string of the molecule is NC(=O)C1=CCC23OCOC2=C1c1c(cccc1C(N)=O)OCO3. The molecule has 124 valence electrons. The van der Waals surface area contributed by atoms with E-state index in [9.17, 15) is 9.59 Å². The van der Waals surface area contributed by atoms with Crippen molar-refractivity contribution < 1.29 is 28.5 Å². The second-order valence-corrected chi connectivity index (χ2v) is 5.50. The topological polar surface area (TPSA) is 123 Å². The standard InChI is InChI=1S/C16H14N2O6/c17-14(19)8-2-1-3-10-11(8)12-9(15(18)20)4-5-16(23-6-21-10)13(12)22-7-24-16/h1-4H,5-7H2,(H2,17,19)(H2,18,20). The zero-order valence-electron chi connectivity index (χ0n) is 12.5. The van der Waals surface area contributed by atoms with Crippen molar-refractivity contribution in [3.05, 3.63) is 46.7 Å². The Hall–Kier alpha value is -2.84. The summed E-state index contributed by atoms with van der Waals surface area (Å²) >= 11 is 0. The molecular formula is C16H14N2O6. The van der Waals surface area contributed by atoms with E-state index in [1.807, 2.05) is 0 Å². The lowest BCUT2D eigenvalue weighted by Gasteiger charge is -2.34. The number of amides is 2. The van der Waals surface area contributed by atoms with Gasteiger partial charge in [-0.15, -0.1) is 0 Å². The summed E-state index contributed by atoms with van der Waals surface area (Å²) in [5.74, 6) is -1.88. The fourth-order valence-electron chi connectivity index (χ4n) is 3.17. The molecule has 2 bridgehead atoms. The molecule has 0 saturated carbocycles. The number of fused-ring (bicyclic) bond motifs is 2. The van der Waals surface area contributed by atoms with Crippen molar-refractivity contribution in [1.82, 2.24) is 0 Å². The first kappa shape index (κ1) is 14.7. The molecule has 0 radical (unpaired) electrons. The van der Waals surface area contributed by atoms with Gasteiger partial charge in [0, 0.05) is 23.1 Å². The van der Waals surface area contributed by atoms with Crippen LogP contribution in [0.5, 0.6) is 5.75 Å². The number of carbonyl (C=O) groups excluding carboxylic acids is 2. The number of benzene rings is 1. The molecule has 1 atom stereocenters. The number of rotatable bonds is 2. The van der Waals surface area contributed by atoms with Gasteiger partial charge in [0.15, 0.2) is 19.3 Å². The van der Waals surface area contributed by atoms with Crippen LogP contribution in [0.1, 0.15) is 22.3 Å². The summed E-state index contributed by atoms with van der Waals surface area (Å²) in [6.07, 6.45) is 1.85. The van der Waals surface area contributed by atoms with E-state index in [-0.39, 0.29) is 31.1 Å². The number of carbonyl (C=O) groups is 2. The lowest BCUT2D eigenvalue weighted by atomic mass is 9.84. The van der Waals surface area contributed by atoms with E-state index >= 15 is 0 Å². The monoisotopic (exact) mass is 330 g/mol. The third-order valence-electron chi connectivity index (χ3n) is 4.23. The predicted octanol–water partition coefficient (Wildman–Crippen LogP) is 0.379. The van der Waals surface area contributed by atoms with Crippen LogP contribution in [0.3, 0.4) is 0 Å². The lowest BCUT2D eigenvalue weighted by molar-refractivity contribution is -0.217. The normalized spacial score (nSPS) is 24.6. The Labute approximate surface area is 136 Å². The van der Waals surface area contributed by atoms with E-state index in [0.717, 1.165) is 0 Å². The number of primary amides is 2. The molecule has 1 aliphatic carbocycles. The molecule has 8 heteroatoms. The third kappa shape index (κ3) is 1.93. The maximum absolute atomic E-state index is 12.0. The molecule has 1 aromatic rings. The van der Waals surface area contributed by atoms with Gasteiger partial charge in [-0.3, -0.25) is 9.59 Å². The van der Waals surface area contributed by atoms with Gasteiger partial charge in [-0.25, -0.2) is 0 Å². The average molecular weight is 330 g/mol. The molecule has 0 aromatic heterocycles. The van der Waals surface area contributed by atoms with Crippen LogP contribution in [-0.2, 0) is 19.0 Å². The molecule has 24 heavy (non-hydrogen) atoms. The number of nitrogens with two attached hydrogens (primary N) is 2. The molecule has 4 rings (SSSR count). The summed E-state index contributed by atoms with van der Waals surface area (Å²) in [5, 5.41) is 0. The van der Waals surface area contributed by atoms with Gasteiger partial charge in [-0.05, 0) is 12.1 Å². The molecule has 0 spiro atoms. The lowest BCUT2D eigenvalue weighted by Crippen LogP contribution is -2.39. The summed E-state index contributed by atoms with van der Waals surface area (Å²) in [4.78, 5) is 23.9. The van der Waals surface area contributed by atoms with Gasteiger partial charge in [0.25, 0.3) is 0 Å². The highest BCUT2D eigenvalue weighted by Gasteiger charge is 2.50. The molecule has 3 aliphatic rings. The minimum Gasteiger partial charge on any atom is -0.467 e. The molecule has 4 N–H and O–H groups in total. The van der Waals surface area contributed by atoms with Crippen molar-refractivity contribution >= 4 is 17.4 Å². The Morgan fingerprint density at radius 1 is 1.04 bits per heavy atom. The smallest absolute Gasteiger partial charge is 0.249 e. The summed E-state index contributed by atoms with van der Waals surface area (Å²) in [6, 6.07) is 4.82. The molecule has 1 unspecified atom stereocenters. The quantitative estimate of drug-likeness (QED) is 0.808. The molecule has 2 aliphatic heterocycles. The van der Waals surface area contributed by atoms with Crippen molar-refractivity contribution in [2.45, 2.75) is 12.2 Å². The molecule has 2 amide bonds. The molecule has 1 aromatic carbocycles. The first-order chi connectivity index (χ1) is 11.5. The molecule has 1 fully saturated rings. The van der Waals surface area contributed by atoms with Crippen molar-refractivity contribution in [1.29, 1.82) is 0 Å². The Morgan fingerprint density at radius 3 is 2.50 bits per heavy atom. The maximum atomic E-state index is 12.0. The van der Waals surface area contributed by atoms with E-state index in [0.29, 0.717) is 22.6 Å². The number of hydrogen-bond acceptors (Lipinski definition) is 6. The second-order valence-electron chi connectivity index (χ2n) is 5.50. The fraction of sp³-hybridized carbons (Fsp3) is 0.250. The Kier molecular flexibility index (Phi) is 3.12. The van der Waals surface area contributed by atoms with E-state index in [4.69, 9.17) is 30.4 Å². The van der Waals surface area contributed by atoms with Crippen LogP contribution in [0.2, 0.25) is 0 Å². The van der Waals surface area contributed by atoms with Crippen molar-refractivity contribution in [3.8, 4) is 5.75 Å². The largest absolute Gasteiger partial charge is 0.467 e. The Morgan fingerprint density at radius 2 is 1.79 bits per heavy atom. The van der Waals surface area contributed by atoms with Crippen LogP contribution in [0.25, 0.3) is 5.57 Å². The van der Waals surface area contributed by atoms with Crippen molar-refractivity contribution in [2.75, 3.05) is 13.6 Å². The van der Waals surface area contributed by atoms with Gasteiger partial charge in [0.1, 0.15) is 5.75 Å². The highest BCUT2D eigenvalue weighted by molar-refractivity contribution is 6.13. The van der Waals surface area contributed by atoms with Gasteiger partial charge >= 0.3 is 0 Å². The summed E-state index contributed by atoms with van der Waals surface area (Å²) in [5.41, 5.74) is 12.1. The number of hydrogen-bond donors (Lipinski definition) is 2. The van der Waals surface area contributed by atoms with Gasteiger partial charge in [0.05, 0.1) is 5.56 Å². The summed E-state index contributed by atoms with van der Waals surface area (Å²) in [7, 11) is 0. The second kappa shape index (κ2) is 5.08. The highest BCUT2D eigenvalue weighted by atomic mass is 16.8. The van der Waals surface area contributed by atoms with Gasteiger partial charge in [-0.2, -0.15) is 0 Å². The average Bonchev–Trinajstić information content (AvgIpc) is 2.96. The molecule has 8 nitrogen and oxygen atoms in total. The molecular weight excluding hydrogens is 316 g/mol. The van der Waals surface area contributed by atoms with Crippen molar-refractivity contribution in [3.63, 3.8) is 0 Å². The summed E-state index contributed by atoms with van der Waals surface area (Å²) in [6.45, 7) is -0.165. The Balaban J connectivity index is 2.08. The van der Waals surface area contributed by atoms with E-state index in [1.54, 1.807) is 24.3 Å². The van der Waals surface area contributed by atoms with Crippen LogP contribution >= 0.6 is 0 Å². The van der Waals surface area contributed by atoms with E-state index in [1.165, 1.54) is 0 Å². The van der Waals surface area contributed by atoms with Crippen LogP contribution in [0.15, 0.2) is 35.6 Å². The first-order valence-corrected chi connectivity index (χ1v) is 7.25. The zero-order valence-corrected chi connectivity index (χ0v) is 12.5. The zero-order chi connectivity index (χ0) is 16.9. The van der Waals surface area contributed by atoms with Crippen LogP contribution in [0, 0.1) is 0 Å². The van der Waals surface area contributed by atoms with E-state index in [2.05, 4.69) is 0 Å². The van der Waals surface area contributed by atoms with Gasteiger partial charge < -0.3 is 30.4 Å². The van der Waals surface area contributed by atoms with Crippen LogP contribution < -0.4 is 16.2 Å². The van der Waals surface area contributed by atoms with Crippen molar-refractivity contribution in [2.24, 2.45) is 11.5 Å².